The van der Waals surface area contributed by atoms with Crippen molar-refractivity contribution in [1.29, 1.82) is 0 Å². The van der Waals surface area contributed by atoms with E-state index in [1.165, 1.54) is 116 Å². The Kier molecular flexibility index (Phi) is 35.0. The number of carboxylic acid groups (broad SMARTS) is 3. The van der Waals surface area contributed by atoms with Gasteiger partial charge in [0.05, 0.1) is 31.3 Å². The molecule has 0 aromatic heterocycles. The first-order valence-corrected chi connectivity index (χ1v) is 32.4. The number of unbranched alkanes of at least 4 members (excludes halogenated alkanes) is 20. The minimum Gasteiger partial charge on any atom is -0.483 e. The lowest BCUT2D eigenvalue weighted by Gasteiger charge is -2.23. The van der Waals surface area contributed by atoms with Crippen LogP contribution in [0.2, 0.25) is 0 Å². The first kappa shape index (κ1) is 72.8. The van der Waals surface area contributed by atoms with Crippen molar-refractivity contribution in [2.75, 3.05) is 0 Å². The third kappa shape index (κ3) is 36.0. The summed E-state index contributed by atoms with van der Waals surface area (Å²) in [6.07, 6.45) is 43.4. The fourth-order valence-corrected chi connectivity index (χ4v) is 10.2. The normalized spacial score (nSPS) is 17.7. The highest BCUT2D eigenvalue weighted by Gasteiger charge is 2.53. The Balaban J connectivity index is 0.000000548. The van der Waals surface area contributed by atoms with Crippen molar-refractivity contribution in [3.8, 4) is 0 Å². The summed E-state index contributed by atoms with van der Waals surface area (Å²) in [6.45, 7) is 19.4. The second kappa shape index (κ2) is 37.0. The molecule has 0 unspecified atom stereocenters. The molecular formula is C63H112Br2O12. The van der Waals surface area contributed by atoms with Crippen LogP contribution in [0, 0.1) is 27.6 Å². The van der Waals surface area contributed by atoms with Gasteiger partial charge < -0.3 is 29.5 Å². The second-order valence-electron chi connectivity index (χ2n) is 26.6. The standard InChI is InChI=1S/C26H46O4.C18H30O4.C10H20Br2.C8H14O2.CH2O2/c1-23(2,3)29-21(27)25(17-18-25)15-13-11-9-7-8-10-12-14-16-26(19-20-26)22(28)30-24(4,5)6;19-15(20)17(11-12-17)9-7-5-3-1-2-4-6-8-10-18(13-14-18)16(21)22;1-2-3-4-5-6-7-8-9-10(11)12;1-8(2,3)10-7(9)6-4-5-6;2-1-3/h7-20H2,1-6H3;1-14H2,(H,19,20)(H,21,22);10H,2-9H2,1H3;6H,4-5H2,1-3H3;1H,(H,2,3). The van der Waals surface area contributed by atoms with E-state index in [-0.39, 0.29) is 68.8 Å². The molecule has 5 aliphatic carbocycles. The van der Waals surface area contributed by atoms with Crippen LogP contribution in [0.3, 0.4) is 0 Å². The summed E-state index contributed by atoms with van der Waals surface area (Å²) in [5, 5.41) is 25.1. The van der Waals surface area contributed by atoms with E-state index in [9.17, 15) is 24.0 Å². The van der Waals surface area contributed by atoms with Gasteiger partial charge in [0.2, 0.25) is 0 Å². The van der Waals surface area contributed by atoms with Crippen molar-refractivity contribution < 1.29 is 58.3 Å². The van der Waals surface area contributed by atoms with Gasteiger partial charge in [-0.2, -0.15) is 0 Å². The Labute approximate surface area is 485 Å². The van der Waals surface area contributed by atoms with Crippen molar-refractivity contribution in [1.82, 2.24) is 0 Å². The van der Waals surface area contributed by atoms with Crippen LogP contribution < -0.4 is 0 Å². The number of hydrogen-bond donors (Lipinski definition) is 3. The zero-order valence-corrected chi connectivity index (χ0v) is 53.5. The molecule has 0 bridgehead atoms. The first-order chi connectivity index (χ1) is 36.1. The molecule has 14 heteroatoms. The number of ether oxygens (including phenoxy) is 3. The molecule has 0 saturated heterocycles. The Hall–Kier alpha value is -2.22. The molecular weight excluding hydrogens is 1110 g/mol. The molecule has 0 amide bonds. The molecule has 3 N–H and O–H groups in total. The van der Waals surface area contributed by atoms with Crippen LogP contribution in [0.15, 0.2) is 0 Å². The number of rotatable bonds is 35. The number of carbonyl (C=O) groups excluding carboxylic acids is 3. The van der Waals surface area contributed by atoms with Crippen molar-refractivity contribution in [3.63, 3.8) is 0 Å². The fourth-order valence-electron chi connectivity index (χ4n) is 9.56. The highest BCUT2D eigenvalue weighted by atomic mass is 79.9. The van der Waals surface area contributed by atoms with E-state index in [0.29, 0.717) is 3.74 Å². The largest absolute Gasteiger partial charge is 0.483 e. The summed E-state index contributed by atoms with van der Waals surface area (Å²) in [5.74, 6) is -0.944. The van der Waals surface area contributed by atoms with E-state index in [1.54, 1.807) is 0 Å². The first-order valence-electron chi connectivity index (χ1n) is 30.6. The van der Waals surface area contributed by atoms with Crippen LogP contribution in [0.4, 0.5) is 0 Å². The number of alkyl halides is 2. The van der Waals surface area contributed by atoms with Crippen LogP contribution in [0.5, 0.6) is 0 Å². The SMILES string of the molecule is CC(C)(C)OC(=O)C1(CCCCCCCCCCC2(C(=O)OC(C)(C)C)CC2)CC1.CC(C)(C)OC(=O)C1CC1.CCCCCCCCCC(Br)Br.O=C(O)C1(CCCCCCCCCCC2(C(=O)O)CC2)CC1.O=CO. The lowest BCUT2D eigenvalue weighted by Crippen LogP contribution is -2.29. The molecule has 5 rings (SSSR count). The zero-order chi connectivity index (χ0) is 58.2. The van der Waals surface area contributed by atoms with Gasteiger partial charge in [0.25, 0.3) is 6.47 Å². The highest BCUT2D eigenvalue weighted by Crippen LogP contribution is 2.53. The Morgan fingerprint density at radius 1 is 0.455 bits per heavy atom. The highest BCUT2D eigenvalue weighted by molar-refractivity contribution is 9.24. The molecule has 5 saturated carbocycles. The summed E-state index contributed by atoms with van der Waals surface area (Å²) in [4.78, 5) is 66.1. The van der Waals surface area contributed by atoms with E-state index in [0.717, 1.165) is 128 Å². The van der Waals surface area contributed by atoms with Crippen molar-refractivity contribution >= 4 is 68.2 Å². The van der Waals surface area contributed by atoms with Crippen LogP contribution in [0.1, 0.15) is 313 Å². The average molecular weight is 1220 g/mol. The summed E-state index contributed by atoms with van der Waals surface area (Å²) >= 11 is 6.97. The predicted molar refractivity (Wildman–Crippen MR) is 317 cm³/mol. The zero-order valence-electron chi connectivity index (χ0n) is 50.4. The minimum atomic E-state index is -0.595. The number of carbonyl (C=O) groups is 6. The van der Waals surface area contributed by atoms with E-state index < -0.39 is 11.9 Å². The summed E-state index contributed by atoms with van der Waals surface area (Å²) in [7, 11) is 0. The molecule has 0 aromatic rings. The molecule has 5 fully saturated rings. The Morgan fingerprint density at radius 2 is 0.701 bits per heavy atom. The smallest absolute Gasteiger partial charge is 0.312 e. The van der Waals surface area contributed by atoms with Crippen LogP contribution >= 0.6 is 31.9 Å². The van der Waals surface area contributed by atoms with Crippen LogP contribution in [0.25, 0.3) is 0 Å². The van der Waals surface area contributed by atoms with Gasteiger partial charge in [-0.15, -0.1) is 0 Å². The fraction of sp³-hybridized carbons (Fsp3) is 0.905. The molecule has 77 heavy (non-hydrogen) atoms. The summed E-state index contributed by atoms with van der Waals surface area (Å²) in [5.41, 5.74) is -2.05. The van der Waals surface area contributed by atoms with Gasteiger partial charge >= 0.3 is 29.8 Å². The summed E-state index contributed by atoms with van der Waals surface area (Å²) < 4.78 is 16.8. The van der Waals surface area contributed by atoms with Crippen LogP contribution in [-0.4, -0.2) is 72.2 Å². The maximum atomic E-state index is 12.3. The number of halogens is 2. The second-order valence-corrected chi connectivity index (χ2v) is 30.0. The van der Waals surface area contributed by atoms with Crippen molar-refractivity contribution in [3.05, 3.63) is 0 Å². The Bertz CT molecular complexity index is 1580. The molecule has 0 aliphatic heterocycles. The molecule has 0 atom stereocenters. The van der Waals surface area contributed by atoms with Gasteiger partial charge in [-0.05, 0) is 159 Å². The van der Waals surface area contributed by atoms with E-state index in [1.807, 2.05) is 62.3 Å². The molecule has 0 heterocycles. The van der Waals surface area contributed by atoms with Gasteiger partial charge in [0.1, 0.15) is 16.8 Å². The number of hydrogen-bond acceptors (Lipinski definition) is 9. The molecule has 0 aromatic carbocycles. The molecule has 0 radical (unpaired) electrons. The molecule has 5 aliphatic rings. The minimum absolute atomic E-state index is 0.0208. The third-order valence-electron chi connectivity index (χ3n) is 15.5. The maximum absolute atomic E-state index is 12.3. The topological polar surface area (TPSA) is 191 Å². The average Bonchev–Trinajstić information content (AvgIpc) is 4.10. The van der Waals surface area contributed by atoms with Crippen molar-refractivity contribution in [2.24, 2.45) is 27.6 Å². The van der Waals surface area contributed by atoms with Gasteiger partial charge in [-0.25, -0.2) is 0 Å². The van der Waals surface area contributed by atoms with Crippen LogP contribution in [-0.2, 0) is 43.0 Å². The maximum Gasteiger partial charge on any atom is 0.312 e. The number of aliphatic carboxylic acids is 2. The van der Waals surface area contributed by atoms with Gasteiger partial charge in [-0.3, -0.25) is 28.8 Å². The lowest BCUT2D eigenvalue weighted by atomic mass is 9.96. The molecule has 12 nitrogen and oxygen atoms in total. The van der Waals surface area contributed by atoms with E-state index >= 15 is 0 Å². The van der Waals surface area contributed by atoms with Crippen molar-refractivity contribution in [2.45, 2.75) is 334 Å². The van der Waals surface area contributed by atoms with Gasteiger partial charge in [-0.1, -0.05) is 186 Å². The molecule has 450 valence electrons. The van der Waals surface area contributed by atoms with E-state index in [2.05, 4.69) is 38.8 Å². The van der Waals surface area contributed by atoms with E-state index in [4.69, 9.17) is 34.3 Å². The van der Waals surface area contributed by atoms with Gasteiger partial charge in [0, 0.05) is 0 Å². The molecule has 0 spiro atoms. The Morgan fingerprint density at radius 3 is 0.922 bits per heavy atom. The predicted octanol–water partition coefficient (Wildman–Crippen LogP) is 18.4. The monoisotopic (exact) mass is 1220 g/mol. The quantitative estimate of drug-likeness (QED) is 0.0179. The summed E-state index contributed by atoms with van der Waals surface area (Å²) in [6, 6.07) is 0. The number of carboxylic acids is 2. The third-order valence-corrected chi connectivity index (χ3v) is 16.4. The van der Waals surface area contributed by atoms with Gasteiger partial charge in [0.15, 0.2) is 0 Å². The number of esters is 3. The lowest BCUT2D eigenvalue weighted by molar-refractivity contribution is -0.163.